The fourth-order valence-corrected chi connectivity index (χ4v) is 2.24. The van der Waals surface area contributed by atoms with Crippen molar-refractivity contribution < 1.29 is 4.42 Å². The van der Waals surface area contributed by atoms with Crippen molar-refractivity contribution in [2.45, 2.75) is 25.3 Å². The van der Waals surface area contributed by atoms with Crippen LogP contribution in [0.5, 0.6) is 0 Å². The molecular weight excluding hydrogens is 198 g/mol. The summed E-state index contributed by atoms with van der Waals surface area (Å²) in [5.74, 6) is 1.99. The third-order valence-corrected chi connectivity index (χ3v) is 3.40. The summed E-state index contributed by atoms with van der Waals surface area (Å²) >= 11 is 0. The molecule has 0 amide bonds. The lowest BCUT2D eigenvalue weighted by molar-refractivity contribution is 0.417. The van der Waals surface area contributed by atoms with Crippen LogP contribution in [0.1, 0.15) is 31.1 Å². The van der Waals surface area contributed by atoms with Crippen LogP contribution in [-0.2, 0) is 0 Å². The second kappa shape index (κ2) is 3.95. The van der Waals surface area contributed by atoms with Crippen LogP contribution in [0.3, 0.4) is 0 Å². The average Bonchev–Trinajstić information content (AvgIpc) is 3.02. The van der Waals surface area contributed by atoms with Gasteiger partial charge in [0.2, 0.25) is 0 Å². The molecule has 1 aromatic carbocycles. The molecule has 0 saturated heterocycles. The first-order valence-corrected chi connectivity index (χ1v) is 6.02. The molecular formula is C14H17NO. The lowest BCUT2D eigenvalue weighted by Crippen LogP contribution is -2.16. The van der Waals surface area contributed by atoms with E-state index < -0.39 is 0 Å². The summed E-state index contributed by atoms with van der Waals surface area (Å²) in [5, 5.41) is 4.56. The van der Waals surface area contributed by atoms with E-state index in [9.17, 15) is 0 Å². The highest BCUT2D eigenvalue weighted by molar-refractivity contribution is 5.77. The van der Waals surface area contributed by atoms with Gasteiger partial charge in [-0.3, -0.25) is 0 Å². The Kier molecular flexibility index (Phi) is 2.44. The molecule has 0 radical (unpaired) electrons. The summed E-state index contributed by atoms with van der Waals surface area (Å²) in [5.41, 5.74) is 0.994. The topological polar surface area (TPSA) is 25.2 Å². The summed E-state index contributed by atoms with van der Waals surface area (Å²) in [6, 6.07) is 10.7. The average molecular weight is 215 g/mol. The van der Waals surface area contributed by atoms with Gasteiger partial charge in [0.1, 0.15) is 11.3 Å². The van der Waals surface area contributed by atoms with Crippen LogP contribution in [0.4, 0.5) is 0 Å². The van der Waals surface area contributed by atoms with Crippen molar-refractivity contribution >= 4 is 11.0 Å². The fraction of sp³-hybridized carbons (Fsp3) is 0.429. The van der Waals surface area contributed by atoms with Crippen molar-refractivity contribution in [2.24, 2.45) is 5.92 Å². The molecule has 84 valence electrons. The Labute approximate surface area is 95.6 Å². The SMILES string of the molecule is CNC(CC1CC1)c1cc2ccccc2o1. The Balaban J connectivity index is 1.90. The molecule has 1 atom stereocenters. The zero-order valence-electron chi connectivity index (χ0n) is 9.57. The van der Waals surface area contributed by atoms with E-state index in [1.165, 1.54) is 24.6 Å². The first-order valence-electron chi connectivity index (χ1n) is 6.02. The van der Waals surface area contributed by atoms with E-state index in [2.05, 4.69) is 23.5 Å². The molecule has 1 fully saturated rings. The maximum absolute atomic E-state index is 5.89. The highest BCUT2D eigenvalue weighted by atomic mass is 16.3. The Morgan fingerprint density at radius 3 is 2.88 bits per heavy atom. The number of benzene rings is 1. The van der Waals surface area contributed by atoms with E-state index in [0.717, 1.165) is 17.3 Å². The van der Waals surface area contributed by atoms with Gasteiger partial charge in [0.25, 0.3) is 0 Å². The van der Waals surface area contributed by atoms with Crippen molar-refractivity contribution in [1.82, 2.24) is 5.32 Å². The molecule has 1 unspecified atom stereocenters. The third kappa shape index (κ3) is 1.85. The highest BCUT2D eigenvalue weighted by Crippen LogP contribution is 2.38. The number of rotatable bonds is 4. The van der Waals surface area contributed by atoms with Gasteiger partial charge in [-0.2, -0.15) is 0 Å². The van der Waals surface area contributed by atoms with Crippen molar-refractivity contribution in [3.8, 4) is 0 Å². The number of hydrogen-bond donors (Lipinski definition) is 1. The van der Waals surface area contributed by atoms with Crippen LogP contribution < -0.4 is 5.32 Å². The van der Waals surface area contributed by atoms with Gasteiger partial charge in [0, 0.05) is 5.39 Å². The molecule has 2 heteroatoms. The Bertz CT molecular complexity index is 451. The Hall–Kier alpha value is -1.28. The summed E-state index contributed by atoms with van der Waals surface area (Å²) in [6.07, 6.45) is 3.98. The Morgan fingerprint density at radius 2 is 2.19 bits per heavy atom. The van der Waals surface area contributed by atoms with Gasteiger partial charge in [-0.1, -0.05) is 31.0 Å². The zero-order valence-corrected chi connectivity index (χ0v) is 9.57. The third-order valence-electron chi connectivity index (χ3n) is 3.40. The van der Waals surface area contributed by atoms with Gasteiger partial charge in [0.15, 0.2) is 0 Å². The smallest absolute Gasteiger partial charge is 0.134 e. The maximum Gasteiger partial charge on any atom is 0.134 e. The van der Waals surface area contributed by atoms with Crippen LogP contribution in [-0.4, -0.2) is 7.05 Å². The molecule has 1 heterocycles. The zero-order chi connectivity index (χ0) is 11.0. The minimum atomic E-state index is 0.375. The van der Waals surface area contributed by atoms with E-state index in [0.29, 0.717) is 6.04 Å². The number of hydrogen-bond acceptors (Lipinski definition) is 2. The van der Waals surface area contributed by atoms with E-state index in [1.807, 2.05) is 19.2 Å². The molecule has 3 rings (SSSR count). The first kappa shape index (κ1) is 9.91. The van der Waals surface area contributed by atoms with Crippen molar-refractivity contribution in [3.05, 3.63) is 36.1 Å². The van der Waals surface area contributed by atoms with Crippen LogP contribution in [0.15, 0.2) is 34.7 Å². The molecule has 1 aliphatic rings. The van der Waals surface area contributed by atoms with Crippen LogP contribution in [0, 0.1) is 5.92 Å². The number of para-hydroxylation sites is 1. The molecule has 0 spiro atoms. The molecule has 2 nitrogen and oxygen atoms in total. The van der Waals surface area contributed by atoms with E-state index in [-0.39, 0.29) is 0 Å². The number of nitrogens with one attached hydrogen (secondary N) is 1. The van der Waals surface area contributed by atoms with Gasteiger partial charge in [-0.25, -0.2) is 0 Å². The molecule has 1 N–H and O–H groups in total. The van der Waals surface area contributed by atoms with E-state index >= 15 is 0 Å². The van der Waals surface area contributed by atoms with E-state index in [4.69, 9.17) is 4.42 Å². The number of furan rings is 1. The monoisotopic (exact) mass is 215 g/mol. The number of fused-ring (bicyclic) bond motifs is 1. The Morgan fingerprint density at radius 1 is 1.38 bits per heavy atom. The standard InChI is InChI=1S/C14H17NO/c1-15-12(8-10-6-7-10)14-9-11-4-2-3-5-13(11)16-14/h2-5,9-10,12,15H,6-8H2,1H3. The normalized spacial score (nSPS) is 17.8. The summed E-state index contributed by atoms with van der Waals surface area (Å²) in [4.78, 5) is 0. The van der Waals surface area contributed by atoms with Gasteiger partial charge in [-0.15, -0.1) is 0 Å². The van der Waals surface area contributed by atoms with Crippen molar-refractivity contribution in [2.75, 3.05) is 7.05 Å². The van der Waals surface area contributed by atoms with Gasteiger partial charge in [-0.05, 0) is 31.5 Å². The fourth-order valence-electron chi connectivity index (χ4n) is 2.24. The lowest BCUT2D eigenvalue weighted by atomic mass is 10.1. The van der Waals surface area contributed by atoms with Crippen molar-refractivity contribution in [1.29, 1.82) is 0 Å². The molecule has 16 heavy (non-hydrogen) atoms. The molecule has 1 aliphatic carbocycles. The van der Waals surface area contributed by atoms with Gasteiger partial charge in [0.05, 0.1) is 6.04 Å². The molecule has 2 aromatic rings. The van der Waals surface area contributed by atoms with Crippen molar-refractivity contribution in [3.63, 3.8) is 0 Å². The second-order valence-corrected chi connectivity index (χ2v) is 4.71. The predicted octanol–water partition coefficient (Wildman–Crippen LogP) is 3.49. The summed E-state index contributed by atoms with van der Waals surface area (Å²) in [7, 11) is 2.01. The second-order valence-electron chi connectivity index (χ2n) is 4.71. The quantitative estimate of drug-likeness (QED) is 0.844. The molecule has 1 saturated carbocycles. The van der Waals surface area contributed by atoms with E-state index in [1.54, 1.807) is 0 Å². The maximum atomic E-state index is 5.89. The largest absolute Gasteiger partial charge is 0.459 e. The van der Waals surface area contributed by atoms with Gasteiger partial charge >= 0.3 is 0 Å². The first-order chi connectivity index (χ1) is 7.86. The molecule has 0 bridgehead atoms. The minimum absolute atomic E-state index is 0.375. The van der Waals surface area contributed by atoms with Crippen LogP contribution in [0.25, 0.3) is 11.0 Å². The molecule has 0 aliphatic heterocycles. The predicted molar refractivity (Wildman–Crippen MR) is 65.4 cm³/mol. The van der Waals surface area contributed by atoms with Gasteiger partial charge < -0.3 is 9.73 Å². The van der Waals surface area contributed by atoms with Crippen LogP contribution >= 0.6 is 0 Å². The summed E-state index contributed by atoms with van der Waals surface area (Å²) in [6.45, 7) is 0. The molecule has 1 aromatic heterocycles. The van der Waals surface area contributed by atoms with Crippen LogP contribution in [0.2, 0.25) is 0 Å². The highest BCUT2D eigenvalue weighted by Gasteiger charge is 2.27. The lowest BCUT2D eigenvalue weighted by Gasteiger charge is -2.12. The summed E-state index contributed by atoms with van der Waals surface area (Å²) < 4.78 is 5.89. The minimum Gasteiger partial charge on any atom is -0.459 e.